The number of hydrogen-bond acceptors (Lipinski definition) is 6. The third kappa shape index (κ3) is 2.07. The quantitative estimate of drug-likeness (QED) is 0.813. The summed E-state index contributed by atoms with van der Waals surface area (Å²) in [6.45, 7) is 0.331. The van der Waals surface area contributed by atoms with Crippen LogP contribution in [0.2, 0.25) is 5.02 Å². The molecule has 0 aliphatic heterocycles. The van der Waals surface area contributed by atoms with E-state index in [0.29, 0.717) is 23.8 Å². The molecule has 0 aliphatic carbocycles. The minimum Gasteiger partial charge on any atom is -0.361 e. The van der Waals surface area contributed by atoms with Gasteiger partial charge in [0.25, 0.3) is 0 Å². The highest BCUT2D eigenvalue weighted by Crippen LogP contribution is 2.22. The molecule has 0 unspecified atom stereocenters. The van der Waals surface area contributed by atoms with Crippen molar-refractivity contribution >= 4 is 17.4 Å². The molecule has 0 saturated carbocycles. The second-order valence-corrected chi connectivity index (χ2v) is 3.19. The molecule has 0 fully saturated rings. The van der Waals surface area contributed by atoms with Crippen LogP contribution in [0.3, 0.4) is 0 Å². The lowest BCUT2D eigenvalue weighted by atomic mass is 10.3. The van der Waals surface area contributed by atoms with E-state index >= 15 is 0 Å². The molecule has 7 nitrogen and oxygen atoms in total. The van der Waals surface area contributed by atoms with Gasteiger partial charge in [0, 0.05) is 6.20 Å². The van der Waals surface area contributed by atoms with Gasteiger partial charge in [0.05, 0.1) is 12.1 Å². The predicted molar refractivity (Wildman–Crippen MR) is 55.5 cm³/mol. The summed E-state index contributed by atoms with van der Waals surface area (Å²) in [7, 11) is 0. The van der Waals surface area contributed by atoms with E-state index in [-0.39, 0.29) is 5.02 Å². The van der Waals surface area contributed by atoms with Gasteiger partial charge in [-0.05, 0) is 6.07 Å². The van der Waals surface area contributed by atoms with Crippen molar-refractivity contribution < 1.29 is 0 Å². The Bertz CT molecular complexity index is 516. The van der Waals surface area contributed by atoms with Gasteiger partial charge in [-0.2, -0.15) is 10.5 Å². The Labute approximate surface area is 95.5 Å². The van der Waals surface area contributed by atoms with Crippen LogP contribution in [0.25, 0.3) is 0 Å². The van der Waals surface area contributed by atoms with E-state index in [1.54, 1.807) is 6.07 Å². The van der Waals surface area contributed by atoms with Crippen molar-refractivity contribution in [3.63, 3.8) is 0 Å². The van der Waals surface area contributed by atoms with Crippen LogP contribution in [-0.4, -0.2) is 25.6 Å². The SMILES string of the molecule is N#Cc1ccnc(NCc2nn[nH]n2)c1Cl. The van der Waals surface area contributed by atoms with E-state index in [1.165, 1.54) is 6.20 Å². The van der Waals surface area contributed by atoms with Crippen LogP contribution in [0.1, 0.15) is 11.4 Å². The number of aromatic nitrogens is 5. The highest BCUT2D eigenvalue weighted by Gasteiger charge is 2.07. The number of nitrogens with one attached hydrogen (secondary N) is 2. The van der Waals surface area contributed by atoms with Crippen molar-refractivity contribution in [2.75, 3.05) is 5.32 Å². The number of anilines is 1. The summed E-state index contributed by atoms with van der Waals surface area (Å²) >= 11 is 5.94. The van der Waals surface area contributed by atoms with Crippen LogP contribution in [0.5, 0.6) is 0 Å². The molecule has 0 spiro atoms. The first-order valence-electron chi connectivity index (χ1n) is 4.32. The first kappa shape index (κ1) is 10.3. The monoisotopic (exact) mass is 235 g/mol. The zero-order valence-electron chi connectivity index (χ0n) is 7.98. The molecule has 2 N–H and O–H groups in total. The Morgan fingerprint density at radius 3 is 3.12 bits per heavy atom. The van der Waals surface area contributed by atoms with Gasteiger partial charge in [0.2, 0.25) is 0 Å². The van der Waals surface area contributed by atoms with Crippen molar-refractivity contribution in [3.8, 4) is 6.07 Å². The molecular weight excluding hydrogens is 230 g/mol. The highest BCUT2D eigenvalue weighted by molar-refractivity contribution is 6.34. The topological polar surface area (TPSA) is 103 Å². The number of tetrazole rings is 1. The van der Waals surface area contributed by atoms with Crippen molar-refractivity contribution in [2.45, 2.75) is 6.54 Å². The van der Waals surface area contributed by atoms with E-state index in [1.807, 2.05) is 6.07 Å². The molecule has 2 heterocycles. The minimum absolute atomic E-state index is 0.286. The van der Waals surface area contributed by atoms with Gasteiger partial charge in [-0.3, -0.25) is 0 Å². The van der Waals surface area contributed by atoms with E-state index < -0.39 is 0 Å². The first-order chi connectivity index (χ1) is 7.81. The summed E-state index contributed by atoms with van der Waals surface area (Å²) in [6, 6.07) is 3.51. The van der Waals surface area contributed by atoms with Crippen LogP contribution in [0.15, 0.2) is 12.3 Å². The van der Waals surface area contributed by atoms with Crippen LogP contribution in [0, 0.1) is 11.3 Å². The molecule has 80 valence electrons. The molecule has 0 radical (unpaired) electrons. The Morgan fingerprint density at radius 1 is 1.56 bits per heavy atom. The van der Waals surface area contributed by atoms with Gasteiger partial charge in [-0.25, -0.2) is 4.98 Å². The second kappa shape index (κ2) is 4.55. The Morgan fingerprint density at radius 2 is 2.44 bits per heavy atom. The van der Waals surface area contributed by atoms with Crippen LogP contribution in [-0.2, 0) is 6.54 Å². The molecule has 0 saturated heterocycles. The molecule has 0 aromatic carbocycles. The highest BCUT2D eigenvalue weighted by atomic mass is 35.5. The van der Waals surface area contributed by atoms with Gasteiger partial charge >= 0.3 is 0 Å². The van der Waals surface area contributed by atoms with E-state index in [9.17, 15) is 0 Å². The molecule has 0 bridgehead atoms. The predicted octanol–water partition coefficient (Wildman–Crippen LogP) is 0.732. The Balaban J connectivity index is 2.13. The first-order valence-corrected chi connectivity index (χ1v) is 4.70. The number of hydrogen-bond donors (Lipinski definition) is 2. The maximum absolute atomic E-state index is 8.77. The lowest BCUT2D eigenvalue weighted by Gasteiger charge is -2.05. The summed E-state index contributed by atoms with van der Waals surface area (Å²) < 4.78 is 0. The lowest BCUT2D eigenvalue weighted by molar-refractivity contribution is 0.881. The molecule has 0 aliphatic rings. The van der Waals surface area contributed by atoms with Crippen molar-refractivity contribution in [3.05, 3.63) is 28.7 Å². The maximum Gasteiger partial charge on any atom is 0.193 e. The summed E-state index contributed by atoms with van der Waals surface area (Å²) in [5.41, 5.74) is 0.368. The fraction of sp³-hybridized carbons (Fsp3) is 0.125. The number of nitriles is 1. The molecule has 2 aromatic rings. The number of pyridine rings is 1. The Kier molecular flexibility index (Phi) is 2.93. The van der Waals surface area contributed by atoms with Gasteiger partial charge in [0.15, 0.2) is 5.82 Å². The molecular formula is C8H6ClN7. The van der Waals surface area contributed by atoms with Gasteiger partial charge in [-0.15, -0.1) is 10.2 Å². The zero-order chi connectivity index (χ0) is 11.4. The summed E-state index contributed by atoms with van der Waals surface area (Å²) in [5, 5.41) is 25.2. The van der Waals surface area contributed by atoms with E-state index in [0.717, 1.165) is 0 Å². The van der Waals surface area contributed by atoms with Gasteiger partial charge in [0.1, 0.15) is 16.9 Å². The summed E-state index contributed by atoms with van der Waals surface area (Å²) in [6.07, 6.45) is 1.50. The molecule has 16 heavy (non-hydrogen) atoms. The largest absolute Gasteiger partial charge is 0.361 e. The van der Waals surface area contributed by atoms with E-state index in [2.05, 4.69) is 30.9 Å². The van der Waals surface area contributed by atoms with Crippen molar-refractivity contribution in [1.82, 2.24) is 25.6 Å². The van der Waals surface area contributed by atoms with Crippen LogP contribution in [0.4, 0.5) is 5.82 Å². The molecule has 8 heteroatoms. The fourth-order valence-electron chi connectivity index (χ4n) is 1.07. The zero-order valence-corrected chi connectivity index (χ0v) is 8.73. The normalized spacial score (nSPS) is 9.75. The maximum atomic E-state index is 8.77. The lowest BCUT2D eigenvalue weighted by Crippen LogP contribution is -2.04. The molecule has 2 rings (SSSR count). The minimum atomic E-state index is 0.286. The Hall–Kier alpha value is -2.20. The van der Waals surface area contributed by atoms with Crippen molar-refractivity contribution in [2.24, 2.45) is 0 Å². The van der Waals surface area contributed by atoms with E-state index in [4.69, 9.17) is 16.9 Å². The molecule has 2 aromatic heterocycles. The van der Waals surface area contributed by atoms with Crippen LogP contribution < -0.4 is 5.32 Å². The average Bonchev–Trinajstić information content (AvgIpc) is 2.81. The van der Waals surface area contributed by atoms with Crippen molar-refractivity contribution in [1.29, 1.82) is 5.26 Å². The summed E-state index contributed by atoms with van der Waals surface area (Å²) in [4.78, 5) is 4.01. The van der Waals surface area contributed by atoms with Crippen LogP contribution >= 0.6 is 11.6 Å². The van der Waals surface area contributed by atoms with Gasteiger partial charge < -0.3 is 5.32 Å². The molecule has 0 atom stereocenters. The average molecular weight is 236 g/mol. The fourth-order valence-corrected chi connectivity index (χ4v) is 1.29. The smallest absolute Gasteiger partial charge is 0.193 e. The molecule has 0 amide bonds. The summed E-state index contributed by atoms with van der Waals surface area (Å²) in [5.74, 6) is 0.908. The number of rotatable bonds is 3. The third-order valence-electron chi connectivity index (χ3n) is 1.81. The second-order valence-electron chi connectivity index (χ2n) is 2.81. The number of halogens is 1. The number of nitrogens with zero attached hydrogens (tertiary/aromatic N) is 5. The standard InChI is InChI=1S/C8H6ClN7/c9-7-5(3-10)1-2-11-8(7)12-4-6-13-15-16-14-6/h1-2H,4H2,(H,11,12)(H,13,14,15,16). The van der Waals surface area contributed by atoms with Gasteiger partial charge in [-0.1, -0.05) is 16.8 Å². The number of aromatic amines is 1. The number of H-pyrrole nitrogens is 1. The third-order valence-corrected chi connectivity index (χ3v) is 2.20.